The number of amides is 1. The molecule has 19 heavy (non-hydrogen) atoms. The van der Waals surface area contributed by atoms with Crippen molar-refractivity contribution in [3.05, 3.63) is 30.1 Å². The Bertz CT molecular complexity index is 475. The van der Waals surface area contributed by atoms with E-state index in [1.54, 1.807) is 23.1 Å². The van der Waals surface area contributed by atoms with E-state index in [0.29, 0.717) is 24.1 Å². The monoisotopic (exact) mass is 261 g/mol. The second-order valence-corrected chi connectivity index (χ2v) is 5.67. The Morgan fingerprint density at radius 1 is 1.26 bits per heavy atom. The zero-order valence-corrected chi connectivity index (χ0v) is 11.3. The number of halogens is 1. The predicted molar refractivity (Wildman–Crippen MR) is 73.4 cm³/mol. The van der Waals surface area contributed by atoms with E-state index < -0.39 is 0 Å². The molecule has 102 valence electrons. The lowest BCUT2D eigenvalue weighted by atomic mass is 10.0. The largest absolute Gasteiger partial charge is 0.310 e. The van der Waals surface area contributed by atoms with Gasteiger partial charge < -0.3 is 4.90 Å². The molecule has 0 radical (unpaired) electrons. The molecule has 2 aliphatic rings. The molecule has 2 unspecified atom stereocenters. The van der Waals surface area contributed by atoms with E-state index in [0.717, 1.165) is 0 Å². The first-order valence-corrected chi connectivity index (χ1v) is 7.30. The molecule has 3 heteroatoms. The van der Waals surface area contributed by atoms with Crippen LogP contribution in [-0.2, 0) is 4.79 Å². The quantitative estimate of drug-likeness (QED) is 0.814. The molecule has 0 bridgehead atoms. The number of para-hydroxylation sites is 1. The van der Waals surface area contributed by atoms with E-state index in [1.807, 2.05) is 6.92 Å². The minimum atomic E-state index is -0.304. The third-order valence-electron chi connectivity index (χ3n) is 4.67. The third-order valence-corrected chi connectivity index (χ3v) is 4.67. The Labute approximate surface area is 113 Å². The van der Waals surface area contributed by atoms with Gasteiger partial charge in [0.25, 0.3) is 0 Å². The second kappa shape index (κ2) is 4.95. The Balaban J connectivity index is 1.80. The van der Waals surface area contributed by atoms with Gasteiger partial charge in [-0.15, -0.1) is 0 Å². The molecule has 3 rings (SSSR count). The molecule has 0 heterocycles. The maximum atomic E-state index is 13.8. The minimum Gasteiger partial charge on any atom is -0.310 e. The Kier molecular flexibility index (Phi) is 3.29. The van der Waals surface area contributed by atoms with E-state index in [-0.39, 0.29) is 17.6 Å². The van der Waals surface area contributed by atoms with E-state index in [9.17, 15) is 9.18 Å². The number of benzene rings is 1. The number of hydrogen-bond acceptors (Lipinski definition) is 1. The normalized spacial score (nSPS) is 28.6. The molecule has 2 nitrogen and oxygen atoms in total. The van der Waals surface area contributed by atoms with Crippen LogP contribution in [0.5, 0.6) is 0 Å². The summed E-state index contributed by atoms with van der Waals surface area (Å²) in [6.07, 6.45) is 4.85. The Morgan fingerprint density at radius 3 is 2.47 bits per heavy atom. The van der Waals surface area contributed by atoms with Crippen molar-refractivity contribution in [3.63, 3.8) is 0 Å². The predicted octanol–water partition coefficient (Wildman–Crippen LogP) is 3.61. The maximum Gasteiger partial charge on any atom is 0.230 e. The Morgan fingerprint density at radius 2 is 1.89 bits per heavy atom. The van der Waals surface area contributed by atoms with E-state index >= 15 is 0 Å². The summed E-state index contributed by atoms with van der Waals surface area (Å²) in [4.78, 5) is 14.2. The molecule has 1 amide bonds. The lowest BCUT2D eigenvalue weighted by molar-refractivity contribution is -0.120. The molecule has 0 aromatic heterocycles. The molecular weight excluding hydrogens is 241 g/mol. The number of fused-ring (bicyclic) bond motifs is 1. The van der Waals surface area contributed by atoms with Crippen LogP contribution in [0.3, 0.4) is 0 Å². The van der Waals surface area contributed by atoms with Crippen LogP contribution in [0.1, 0.15) is 32.6 Å². The number of anilines is 1. The first-order chi connectivity index (χ1) is 9.24. The summed E-state index contributed by atoms with van der Waals surface area (Å²) in [6.45, 7) is 2.45. The van der Waals surface area contributed by atoms with Gasteiger partial charge in [0.1, 0.15) is 5.82 Å². The zero-order valence-electron chi connectivity index (χ0n) is 11.3. The van der Waals surface area contributed by atoms with E-state index in [2.05, 4.69) is 0 Å². The van der Waals surface area contributed by atoms with Gasteiger partial charge in [0.05, 0.1) is 5.69 Å². The van der Waals surface area contributed by atoms with Crippen LogP contribution in [0.15, 0.2) is 24.3 Å². The molecule has 1 aromatic carbocycles. The van der Waals surface area contributed by atoms with Crippen molar-refractivity contribution in [2.24, 2.45) is 17.8 Å². The minimum absolute atomic E-state index is 0.129. The average molecular weight is 261 g/mol. The van der Waals surface area contributed by atoms with Gasteiger partial charge in [0.2, 0.25) is 5.91 Å². The molecule has 0 aliphatic heterocycles. The first kappa shape index (κ1) is 12.6. The van der Waals surface area contributed by atoms with Gasteiger partial charge >= 0.3 is 0 Å². The van der Waals surface area contributed by atoms with Gasteiger partial charge in [-0.2, -0.15) is 0 Å². The molecule has 0 saturated heterocycles. The van der Waals surface area contributed by atoms with E-state index in [4.69, 9.17) is 0 Å². The van der Waals surface area contributed by atoms with Crippen molar-refractivity contribution in [3.8, 4) is 0 Å². The average Bonchev–Trinajstić information content (AvgIpc) is 3.16. The number of nitrogens with zero attached hydrogens (tertiary/aromatic N) is 1. The highest BCUT2D eigenvalue weighted by atomic mass is 19.1. The maximum absolute atomic E-state index is 13.8. The number of rotatable bonds is 3. The second-order valence-electron chi connectivity index (χ2n) is 5.67. The molecule has 2 fully saturated rings. The summed E-state index contributed by atoms with van der Waals surface area (Å²) in [6, 6.07) is 6.57. The fraction of sp³-hybridized carbons (Fsp3) is 0.562. The number of hydrogen-bond donors (Lipinski definition) is 0. The molecule has 0 N–H and O–H groups in total. The highest BCUT2D eigenvalue weighted by molar-refractivity contribution is 5.97. The van der Waals surface area contributed by atoms with Crippen molar-refractivity contribution in [2.45, 2.75) is 32.6 Å². The van der Waals surface area contributed by atoms with Crippen LogP contribution in [0.25, 0.3) is 0 Å². The SMILES string of the molecule is CCN(C(=O)C1C2CCCCC21)c1ccccc1F. The molecule has 2 aliphatic carbocycles. The fourth-order valence-corrected chi connectivity index (χ4v) is 3.65. The van der Waals surface area contributed by atoms with Crippen LogP contribution in [0, 0.1) is 23.6 Å². The van der Waals surface area contributed by atoms with Gasteiger partial charge in [-0.05, 0) is 43.7 Å². The van der Waals surface area contributed by atoms with E-state index in [1.165, 1.54) is 31.7 Å². The fourth-order valence-electron chi connectivity index (χ4n) is 3.65. The van der Waals surface area contributed by atoms with Crippen LogP contribution in [0.2, 0.25) is 0 Å². The zero-order chi connectivity index (χ0) is 13.4. The summed E-state index contributed by atoms with van der Waals surface area (Å²) in [5, 5.41) is 0. The van der Waals surface area contributed by atoms with Crippen molar-refractivity contribution < 1.29 is 9.18 Å². The molecular formula is C16H20FNO. The standard InChI is InChI=1S/C16H20FNO/c1-2-18(14-10-6-5-9-13(14)17)16(19)15-11-7-3-4-8-12(11)15/h5-6,9-12,15H,2-4,7-8H2,1H3. The topological polar surface area (TPSA) is 20.3 Å². The van der Waals surface area contributed by atoms with Crippen molar-refractivity contribution >= 4 is 11.6 Å². The summed E-state index contributed by atoms with van der Waals surface area (Å²) in [5.74, 6) is 1.12. The van der Waals surface area contributed by atoms with Gasteiger partial charge in [-0.25, -0.2) is 4.39 Å². The van der Waals surface area contributed by atoms with Crippen LogP contribution < -0.4 is 4.90 Å². The van der Waals surface area contributed by atoms with Gasteiger partial charge in [-0.1, -0.05) is 25.0 Å². The van der Waals surface area contributed by atoms with Gasteiger partial charge in [0.15, 0.2) is 0 Å². The van der Waals surface area contributed by atoms with Crippen LogP contribution >= 0.6 is 0 Å². The highest BCUT2D eigenvalue weighted by Crippen LogP contribution is 2.56. The van der Waals surface area contributed by atoms with Crippen molar-refractivity contribution in [1.82, 2.24) is 0 Å². The molecule has 1 aromatic rings. The molecule has 2 saturated carbocycles. The highest BCUT2D eigenvalue weighted by Gasteiger charge is 2.55. The molecule has 0 spiro atoms. The first-order valence-electron chi connectivity index (χ1n) is 7.30. The van der Waals surface area contributed by atoms with Gasteiger partial charge in [-0.3, -0.25) is 4.79 Å². The smallest absolute Gasteiger partial charge is 0.230 e. The summed E-state index contributed by atoms with van der Waals surface area (Å²) in [5.41, 5.74) is 0.429. The summed E-state index contributed by atoms with van der Waals surface area (Å²) < 4.78 is 13.8. The lowest BCUT2D eigenvalue weighted by Gasteiger charge is -2.21. The summed E-state index contributed by atoms with van der Waals surface area (Å²) >= 11 is 0. The van der Waals surface area contributed by atoms with Crippen molar-refractivity contribution in [2.75, 3.05) is 11.4 Å². The Hall–Kier alpha value is -1.38. The van der Waals surface area contributed by atoms with Crippen LogP contribution in [-0.4, -0.2) is 12.5 Å². The van der Waals surface area contributed by atoms with Crippen LogP contribution in [0.4, 0.5) is 10.1 Å². The van der Waals surface area contributed by atoms with Gasteiger partial charge in [0, 0.05) is 12.5 Å². The lowest BCUT2D eigenvalue weighted by Crippen LogP contribution is -2.33. The number of carbonyl (C=O) groups excluding carboxylic acids is 1. The summed E-state index contributed by atoms with van der Waals surface area (Å²) in [7, 11) is 0. The molecule has 2 atom stereocenters. The third kappa shape index (κ3) is 2.15. The number of carbonyl (C=O) groups is 1. The van der Waals surface area contributed by atoms with Crippen molar-refractivity contribution in [1.29, 1.82) is 0 Å².